The molecule has 0 spiro atoms. The van der Waals surface area contributed by atoms with Gasteiger partial charge in [0.05, 0.1) is 98.6 Å². The minimum absolute atomic E-state index is 0.00902. The highest BCUT2D eigenvalue weighted by Crippen LogP contribution is 2.48. The second-order valence-corrected chi connectivity index (χ2v) is 20.4. The van der Waals surface area contributed by atoms with Crippen molar-refractivity contribution in [3.05, 3.63) is 107 Å². The third-order valence-electron chi connectivity index (χ3n) is 12.7. The van der Waals surface area contributed by atoms with E-state index < -0.39 is 62.0 Å². The Labute approximate surface area is 470 Å². The van der Waals surface area contributed by atoms with Crippen LogP contribution in [-0.4, -0.2) is 165 Å². The number of carbonyl (C=O) groups is 6. The number of amides is 3. The number of nitrogens with one attached hydrogen (secondary N) is 3. The van der Waals surface area contributed by atoms with E-state index in [1.807, 2.05) is 113 Å². The zero-order valence-electron chi connectivity index (χ0n) is 47.5. The molecule has 4 aromatic rings. The standard InChI is InChI=1S/C56H78N9O14P/c1-39(2)65(40(3)4)80(78-32-16-29-57)79-41(5)48(38-77-56(42-17-12-11-13-18-42,43-20-24-46(72-6)25-21-43)44-22-26-47(73-7)27-23-44)60-50(66)28-31-59-51(67)33-45-34-64(62-61-45)35-52(68)58-30-15-14-19-49(55(71)76-10)63(36-53(69)74-8)37-54(70)75-9/h11-13,17-18,20-27,34,39-41,48-49H,14-16,19,28,30-33,35-38H2,1-10H3,(H,58,68)(H,59,67)(H,60,66)/t41-,48-,49?,80?/m1/s1. The monoisotopic (exact) mass is 1130 g/mol. The van der Waals surface area contributed by atoms with E-state index in [1.165, 1.54) is 37.1 Å². The lowest BCUT2D eigenvalue weighted by atomic mass is 9.80. The van der Waals surface area contributed by atoms with E-state index >= 15 is 0 Å². The molecule has 0 aliphatic heterocycles. The Morgan fingerprint density at radius 3 is 1.84 bits per heavy atom. The van der Waals surface area contributed by atoms with Gasteiger partial charge in [0.15, 0.2) is 0 Å². The van der Waals surface area contributed by atoms with Gasteiger partial charge >= 0.3 is 17.9 Å². The number of hydrogen-bond acceptors (Lipinski definition) is 19. The van der Waals surface area contributed by atoms with Crippen LogP contribution in [0.4, 0.5) is 0 Å². The molecule has 3 amide bonds. The van der Waals surface area contributed by atoms with Gasteiger partial charge in [-0.25, -0.2) is 9.35 Å². The van der Waals surface area contributed by atoms with Crippen molar-refractivity contribution < 1.29 is 66.2 Å². The van der Waals surface area contributed by atoms with Gasteiger partial charge in [-0.1, -0.05) is 59.8 Å². The van der Waals surface area contributed by atoms with Crippen LogP contribution in [0.25, 0.3) is 0 Å². The largest absolute Gasteiger partial charge is 0.497 e. The highest BCUT2D eigenvalue weighted by Gasteiger charge is 2.40. The van der Waals surface area contributed by atoms with Crippen LogP contribution in [0.15, 0.2) is 85.1 Å². The van der Waals surface area contributed by atoms with Crippen molar-refractivity contribution in [2.24, 2.45) is 0 Å². The summed E-state index contributed by atoms with van der Waals surface area (Å²) in [5, 5.41) is 26.1. The molecule has 80 heavy (non-hydrogen) atoms. The Morgan fingerprint density at radius 1 is 0.725 bits per heavy atom. The number of methoxy groups -OCH3 is 5. The first-order valence-electron chi connectivity index (χ1n) is 26.3. The average molecular weight is 1130 g/mol. The predicted octanol–water partition coefficient (Wildman–Crippen LogP) is 4.99. The van der Waals surface area contributed by atoms with Crippen LogP contribution in [0.3, 0.4) is 0 Å². The van der Waals surface area contributed by atoms with Gasteiger partial charge in [-0.05, 0) is 94.8 Å². The summed E-state index contributed by atoms with van der Waals surface area (Å²) in [6.45, 7) is 9.41. The molecular formula is C56H78N9O14P. The molecule has 3 aromatic carbocycles. The lowest BCUT2D eigenvalue weighted by Crippen LogP contribution is -2.49. The highest BCUT2D eigenvalue weighted by molar-refractivity contribution is 7.44. The van der Waals surface area contributed by atoms with Gasteiger partial charge in [-0.3, -0.25) is 33.7 Å². The molecule has 3 N–H and O–H groups in total. The number of carbonyl (C=O) groups excluding carboxylic acids is 6. The van der Waals surface area contributed by atoms with Crippen molar-refractivity contribution in [1.82, 2.24) is 40.5 Å². The number of unbranched alkanes of at least 4 members (excludes halogenated alkanes) is 1. The Kier molecular flexibility index (Phi) is 28.0. The summed E-state index contributed by atoms with van der Waals surface area (Å²) < 4.78 is 49.1. The molecule has 4 rings (SSSR count). The van der Waals surface area contributed by atoms with Crippen LogP contribution in [0.1, 0.15) is 89.1 Å². The Bertz CT molecular complexity index is 2530. The first-order chi connectivity index (χ1) is 38.4. The maximum atomic E-state index is 14.0. The molecule has 24 heteroatoms. The van der Waals surface area contributed by atoms with Gasteiger partial charge < -0.3 is 53.4 Å². The molecule has 2 unspecified atom stereocenters. The fraction of sp³-hybridized carbons (Fsp3) is 0.518. The third-order valence-corrected chi connectivity index (χ3v) is 14.9. The molecule has 0 aliphatic carbocycles. The van der Waals surface area contributed by atoms with E-state index in [2.05, 4.69) is 37.0 Å². The maximum Gasteiger partial charge on any atom is 0.323 e. The van der Waals surface area contributed by atoms with Crippen LogP contribution in [-0.2, 0) is 75.3 Å². The summed E-state index contributed by atoms with van der Waals surface area (Å²) in [5.74, 6) is -1.84. The van der Waals surface area contributed by atoms with E-state index in [0.29, 0.717) is 30.0 Å². The number of benzene rings is 3. The van der Waals surface area contributed by atoms with Gasteiger partial charge in [0.25, 0.3) is 8.53 Å². The highest BCUT2D eigenvalue weighted by atomic mass is 31.2. The molecular weight excluding hydrogens is 1050 g/mol. The molecule has 23 nitrogen and oxygen atoms in total. The number of nitrogens with zero attached hydrogens (tertiary/aromatic N) is 6. The first kappa shape index (κ1) is 65.5. The van der Waals surface area contributed by atoms with Crippen LogP contribution < -0.4 is 25.4 Å². The van der Waals surface area contributed by atoms with E-state index in [-0.39, 0.29) is 89.6 Å². The molecule has 1 aromatic heterocycles. The first-order valence-corrected chi connectivity index (χ1v) is 27.5. The van der Waals surface area contributed by atoms with Gasteiger partial charge in [0.2, 0.25) is 17.7 Å². The normalized spacial score (nSPS) is 13.0. The van der Waals surface area contributed by atoms with Crippen molar-refractivity contribution in [2.75, 3.05) is 74.9 Å². The molecule has 0 fully saturated rings. The lowest BCUT2D eigenvalue weighted by molar-refractivity contribution is -0.153. The van der Waals surface area contributed by atoms with Crippen molar-refractivity contribution in [3.63, 3.8) is 0 Å². The minimum Gasteiger partial charge on any atom is -0.497 e. The van der Waals surface area contributed by atoms with Gasteiger partial charge in [0, 0.05) is 37.8 Å². The Hall–Kier alpha value is -7.06. The zero-order valence-corrected chi connectivity index (χ0v) is 48.4. The Morgan fingerprint density at radius 2 is 1.30 bits per heavy atom. The topological polar surface area (TPSA) is 273 Å². The van der Waals surface area contributed by atoms with Gasteiger partial charge in [-0.15, -0.1) is 5.10 Å². The zero-order chi connectivity index (χ0) is 58.6. The number of hydrogen-bond donors (Lipinski definition) is 3. The smallest absolute Gasteiger partial charge is 0.323 e. The number of aromatic nitrogens is 3. The van der Waals surface area contributed by atoms with Crippen LogP contribution in [0.5, 0.6) is 11.5 Å². The predicted molar refractivity (Wildman–Crippen MR) is 296 cm³/mol. The fourth-order valence-electron chi connectivity index (χ4n) is 8.63. The maximum absolute atomic E-state index is 14.0. The van der Waals surface area contributed by atoms with E-state index in [0.717, 1.165) is 16.7 Å². The average Bonchev–Trinajstić information content (AvgIpc) is 3.89. The van der Waals surface area contributed by atoms with Crippen molar-refractivity contribution in [2.45, 2.75) is 116 Å². The minimum atomic E-state index is -1.74. The van der Waals surface area contributed by atoms with E-state index in [4.69, 9.17) is 37.5 Å². The quantitative estimate of drug-likeness (QED) is 0.0178. The van der Waals surface area contributed by atoms with E-state index in [1.54, 1.807) is 14.2 Å². The molecule has 0 bridgehead atoms. The Balaban J connectivity index is 1.45. The van der Waals surface area contributed by atoms with Crippen LogP contribution in [0.2, 0.25) is 0 Å². The summed E-state index contributed by atoms with van der Waals surface area (Å²) >= 11 is 0. The molecule has 0 saturated carbocycles. The van der Waals surface area contributed by atoms with E-state index in [9.17, 15) is 34.0 Å². The number of esters is 3. The molecule has 1 heterocycles. The molecule has 0 aliphatic rings. The second-order valence-electron chi connectivity index (χ2n) is 19.0. The van der Waals surface area contributed by atoms with Crippen LogP contribution >= 0.6 is 8.53 Å². The third kappa shape index (κ3) is 20.2. The molecule has 0 saturated heterocycles. The SMILES string of the molecule is COC(=O)CN(CC(=O)OC)C(CCCCNC(=O)Cn1cc(CC(=O)NCCC(=O)N[C@H](COC(c2ccccc2)(c2ccc(OC)cc2)c2ccc(OC)cc2)[C@@H](C)OP(OCCC#N)N(C(C)C)C(C)C)nn1)C(=O)OC. The van der Waals surface area contributed by atoms with Crippen LogP contribution in [0, 0.1) is 11.3 Å². The lowest BCUT2D eigenvalue weighted by Gasteiger charge is -2.40. The summed E-state index contributed by atoms with van der Waals surface area (Å²) in [6.07, 6.45) is 1.72. The van der Waals surface area contributed by atoms with Gasteiger partial charge in [-0.2, -0.15) is 5.26 Å². The second kappa shape index (κ2) is 34.2. The van der Waals surface area contributed by atoms with Crippen molar-refractivity contribution in [3.8, 4) is 17.6 Å². The number of ether oxygens (including phenoxy) is 6. The fourth-order valence-corrected chi connectivity index (χ4v) is 10.4. The number of nitriles is 1. The number of rotatable bonds is 36. The van der Waals surface area contributed by atoms with Crippen molar-refractivity contribution >= 4 is 44.2 Å². The molecule has 4 atom stereocenters. The summed E-state index contributed by atoms with van der Waals surface area (Å²) in [4.78, 5) is 78.0. The van der Waals surface area contributed by atoms with Gasteiger partial charge in [0.1, 0.15) is 29.7 Å². The summed E-state index contributed by atoms with van der Waals surface area (Å²) in [7, 11) is 5.05. The summed E-state index contributed by atoms with van der Waals surface area (Å²) in [5.41, 5.74) is 1.44. The summed E-state index contributed by atoms with van der Waals surface area (Å²) in [6, 6.07) is 25.4. The molecule has 0 radical (unpaired) electrons. The molecule has 436 valence electrons. The van der Waals surface area contributed by atoms with Crippen molar-refractivity contribution in [1.29, 1.82) is 5.26 Å².